The van der Waals surface area contributed by atoms with E-state index in [0.717, 1.165) is 64.7 Å². The van der Waals surface area contributed by atoms with Crippen molar-refractivity contribution in [1.29, 1.82) is 0 Å². The van der Waals surface area contributed by atoms with Crippen LogP contribution in [0.3, 0.4) is 0 Å². The first-order valence-electron chi connectivity index (χ1n) is 9.95. The Labute approximate surface area is 181 Å². The van der Waals surface area contributed by atoms with Crippen molar-refractivity contribution in [2.24, 2.45) is 16.3 Å². The minimum Gasteiger partial charge on any atom is -0.381 e. The lowest BCUT2D eigenvalue weighted by atomic mass is 9.92. The molecule has 0 radical (unpaired) electrons. The van der Waals surface area contributed by atoms with E-state index in [0.29, 0.717) is 19.0 Å². The smallest absolute Gasteiger partial charge is 0.227 e. The van der Waals surface area contributed by atoms with Crippen LogP contribution in [-0.4, -0.2) is 64.5 Å². The summed E-state index contributed by atoms with van der Waals surface area (Å²) in [6.07, 6.45) is 3.14. The summed E-state index contributed by atoms with van der Waals surface area (Å²) < 4.78 is 11.1. The van der Waals surface area contributed by atoms with Crippen molar-refractivity contribution in [2.75, 3.05) is 52.6 Å². The Morgan fingerprint density at radius 2 is 1.81 bits per heavy atom. The van der Waals surface area contributed by atoms with Crippen molar-refractivity contribution in [3.63, 3.8) is 0 Å². The standard InChI is InChI=1S/C19H38N4O3.HI/c1-5-20-17(24)19(3,4)15-23-18(21-6-2)22-10-7-11-26-14-16-8-12-25-13-9-16;/h16H,5-15H2,1-4H3,(H,20,24)(H2,21,22,23);1H. The number of nitrogens with zero attached hydrogens (tertiary/aromatic N) is 1. The molecule has 160 valence electrons. The average Bonchev–Trinajstić information content (AvgIpc) is 2.63. The molecule has 0 unspecified atom stereocenters. The van der Waals surface area contributed by atoms with Gasteiger partial charge in [-0.25, -0.2) is 0 Å². The quantitative estimate of drug-likeness (QED) is 0.176. The molecule has 1 heterocycles. The molecule has 1 rings (SSSR count). The fraction of sp³-hybridized carbons (Fsp3) is 0.895. The molecule has 0 spiro atoms. The molecular formula is C19H39IN4O3. The fourth-order valence-corrected chi connectivity index (χ4v) is 2.63. The third-order valence-corrected chi connectivity index (χ3v) is 4.38. The van der Waals surface area contributed by atoms with E-state index in [1.165, 1.54) is 0 Å². The summed E-state index contributed by atoms with van der Waals surface area (Å²) in [6, 6.07) is 0. The van der Waals surface area contributed by atoms with Gasteiger partial charge in [-0.15, -0.1) is 24.0 Å². The van der Waals surface area contributed by atoms with Crippen LogP contribution < -0.4 is 16.0 Å². The molecule has 0 aliphatic carbocycles. The molecule has 0 saturated carbocycles. The third-order valence-electron chi connectivity index (χ3n) is 4.38. The zero-order valence-corrected chi connectivity index (χ0v) is 19.8. The average molecular weight is 498 g/mol. The number of hydrogen-bond donors (Lipinski definition) is 3. The van der Waals surface area contributed by atoms with Crippen LogP contribution in [0, 0.1) is 11.3 Å². The summed E-state index contributed by atoms with van der Waals surface area (Å²) in [5.41, 5.74) is -0.523. The van der Waals surface area contributed by atoms with Crippen molar-refractivity contribution in [3.8, 4) is 0 Å². The molecular weight excluding hydrogens is 459 g/mol. The molecule has 0 aromatic rings. The van der Waals surface area contributed by atoms with E-state index < -0.39 is 5.41 Å². The first kappa shape index (κ1) is 26.4. The summed E-state index contributed by atoms with van der Waals surface area (Å²) in [7, 11) is 0. The van der Waals surface area contributed by atoms with Gasteiger partial charge >= 0.3 is 0 Å². The zero-order chi connectivity index (χ0) is 19.3. The van der Waals surface area contributed by atoms with E-state index in [2.05, 4.69) is 20.9 Å². The Bertz CT molecular complexity index is 427. The minimum atomic E-state index is -0.523. The van der Waals surface area contributed by atoms with Crippen molar-refractivity contribution in [2.45, 2.75) is 47.0 Å². The van der Waals surface area contributed by atoms with Gasteiger partial charge in [0.05, 0.1) is 12.0 Å². The van der Waals surface area contributed by atoms with Crippen molar-refractivity contribution < 1.29 is 14.3 Å². The van der Waals surface area contributed by atoms with Gasteiger partial charge in [0, 0.05) is 46.1 Å². The Balaban J connectivity index is 0.00000676. The van der Waals surface area contributed by atoms with Gasteiger partial charge in [0.2, 0.25) is 5.91 Å². The number of carbonyl (C=O) groups is 1. The number of rotatable bonds is 11. The van der Waals surface area contributed by atoms with Crippen LogP contribution in [0.1, 0.15) is 47.0 Å². The maximum Gasteiger partial charge on any atom is 0.227 e. The number of amides is 1. The topological polar surface area (TPSA) is 84.0 Å². The van der Waals surface area contributed by atoms with Crippen LogP contribution in [0.15, 0.2) is 4.99 Å². The van der Waals surface area contributed by atoms with E-state index in [1.807, 2.05) is 27.7 Å². The lowest BCUT2D eigenvalue weighted by molar-refractivity contribution is -0.128. The van der Waals surface area contributed by atoms with Crippen LogP contribution in [0.4, 0.5) is 0 Å². The summed E-state index contributed by atoms with van der Waals surface area (Å²) in [6.45, 7) is 13.7. The Hall–Kier alpha value is -0.610. The largest absolute Gasteiger partial charge is 0.381 e. The van der Waals surface area contributed by atoms with Crippen molar-refractivity contribution >= 4 is 35.8 Å². The number of carbonyl (C=O) groups excluding carboxylic acids is 1. The van der Waals surface area contributed by atoms with Gasteiger partial charge in [-0.2, -0.15) is 0 Å². The molecule has 0 aromatic heterocycles. The highest BCUT2D eigenvalue weighted by molar-refractivity contribution is 14.0. The number of guanidine groups is 1. The molecule has 8 heteroatoms. The second kappa shape index (κ2) is 15.3. The number of nitrogens with one attached hydrogen (secondary N) is 3. The highest BCUT2D eigenvalue weighted by Crippen LogP contribution is 2.15. The monoisotopic (exact) mass is 498 g/mol. The highest BCUT2D eigenvalue weighted by atomic mass is 127. The Morgan fingerprint density at radius 3 is 2.44 bits per heavy atom. The molecule has 7 nitrogen and oxygen atoms in total. The maximum absolute atomic E-state index is 12.1. The molecule has 0 bridgehead atoms. The van der Waals surface area contributed by atoms with Crippen LogP contribution in [0.2, 0.25) is 0 Å². The third kappa shape index (κ3) is 11.7. The predicted molar refractivity (Wildman–Crippen MR) is 121 cm³/mol. The lowest BCUT2D eigenvalue weighted by Crippen LogP contribution is -2.42. The van der Waals surface area contributed by atoms with E-state index in [4.69, 9.17) is 9.47 Å². The zero-order valence-electron chi connectivity index (χ0n) is 17.4. The van der Waals surface area contributed by atoms with Gasteiger partial charge in [0.15, 0.2) is 5.96 Å². The number of hydrogen-bond acceptors (Lipinski definition) is 4. The van der Waals surface area contributed by atoms with Gasteiger partial charge in [-0.3, -0.25) is 9.79 Å². The molecule has 1 fully saturated rings. The van der Waals surface area contributed by atoms with E-state index in [1.54, 1.807) is 0 Å². The van der Waals surface area contributed by atoms with Gasteiger partial charge in [-0.05, 0) is 52.9 Å². The van der Waals surface area contributed by atoms with Crippen molar-refractivity contribution in [3.05, 3.63) is 0 Å². The number of halogens is 1. The summed E-state index contributed by atoms with van der Waals surface area (Å²) in [5, 5.41) is 9.39. The molecule has 1 aliphatic rings. The second-order valence-corrected chi connectivity index (χ2v) is 7.35. The fourth-order valence-electron chi connectivity index (χ4n) is 2.63. The minimum absolute atomic E-state index is 0. The Kier molecular flexibility index (Phi) is 15.0. The molecule has 1 aliphatic heterocycles. The predicted octanol–water partition coefficient (Wildman–Crippen LogP) is 2.16. The molecule has 0 atom stereocenters. The van der Waals surface area contributed by atoms with E-state index >= 15 is 0 Å². The molecule has 3 N–H and O–H groups in total. The van der Waals surface area contributed by atoms with Crippen LogP contribution >= 0.6 is 24.0 Å². The van der Waals surface area contributed by atoms with Gasteiger partial charge in [0.1, 0.15) is 0 Å². The summed E-state index contributed by atoms with van der Waals surface area (Å²) in [4.78, 5) is 16.6. The highest BCUT2D eigenvalue weighted by Gasteiger charge is 2.26. The summed E-state index contributed by atoms with van der Waals surface area (Å²) >= 11 is 0. The van der Waals surface area contributed by atoms with Gasteiger partial charge in [-0.1, -0.05) is 0 Å². The Morgan fingerprint density at radius 1 is 1.15 bits per heavy atom. The van der Waals surface area contributed by atoms with Crippen molar-refractivity contribution in [1.82, 2.24) is 16.0 Å². The van der Waals surface area contributed by atoms with E-state index in [-0.39, 0.29) is 29.9 Å². The molecule has 27 heavy (non-hydrogen) atoms. The maximum atomic E-state index is 12.1. The van der Waals surface area contributed by atoms with Crippen LogP contribution in [0.5, 0.6) is 0 Å². The second-order valence-electron chi connectivity index (χ2n) is 7.35. The SMILES string of the molecule is CCNC(=O)C(C)(C)CN=C(NCC)NCCCOCC1CCOCC1.I. The van der Waals surface area contributed by atoms with E-state index in [9.17, 15) is 4.79 Å². The molecule has 1 amide bonds. The van der Waals surface area contributed by atoms with Crippen LogP contribution in [0.25, 0.3) is 0 Å². The van der Waals surface area contributed by atoms with Gasteiger partial charge < -0.3 is 25.4 Å². The number of aliphatic imine (C=N–C) groups is 1. The number of ether oxygens (including phenoxy) is 2. The lowest BCUT2D eigenvalue weighted by Gasteiger charge is -2.22. The molecule has 1 saturated heterocycles. The first-order chi connectivity index (χ1) is 12.5. The summed E-state index contributed by atoms with van der Waals surface area (Å²) in [5.74, 6) is 1.42. The molecule has 0 aromatic carbocycles. The van der Waals surface area contributed by atoms with Crippen LogP contribution in [-0.2, 0) is 14.3 Å². The first-order valence-corrected chi connectivity index (χ1v) is 9.95. The normalized spacial score (nSPS) is 15.8. The van der Waals surface area contributed by atoms with Gasteiger partial charge in [0.25, 0.3) is 0 Å².